The molecule has 0 aliphatic carbocycles. The normalized spacial score (nSPS) is 19.3. The SMILES string of the molecule is O=C(O)[C@H]1CC(=O)N(Cc2c(F)cccc2Cl)C1. The van der Waals surface area contributed by atoms with Gasteiger partial charge in [0.15, 0.2) is 0 Å². The number of amides is 1. The summed E-state index contributed by atoms with van der Waals surface area (Å²) in [6.45, 7) is 0.104. The van der Waals surface area contributed by atoms with E-state index in [1.165, 1.54) is 23.1 Å². The minimum Gasteiger partial charge on any atom is -0.481 e. The Bertz CT molecular complexity index is 486. The van der Waals surface area contributed by atoms with E-state index in [-0.39, 0.29) is 36.0 Å². The third kappa shape index (κ3) is 2.46. The summed E-state index contributed by atoms with van der Waals surface area (Å²) in [4.78, 5) is 23.7. The predicted octanol–water partition coefficient (Wildman–Crippen LogP) is 1.91. The molecule has 1 aromatic rings. The molecule has 1 saturated heterocycles. The first-order valence-corrected chi connectivity index (χ1v) is 5.80. The molecule has 6 heteroatoms. The van der Waals surface area contributed by atoms with Crippen molar-refractivity contribution in [3.05, 3.63) is 34.6 Å². The maximum absolute atomic E-state index is 13.5. The van der Waals surface area contributed by atoms with E-state index in [1.807, 2.05) is 0 Å². The number of likely N-dealkylation sites (tertiary alicyclic amines) is 1. The zero-order valence-corrected chi connectivity index (χ0v) is 10.2. The summed E-state index contributed by atoms with van der Waals surface area (Å²) in [6.07, 6.45) is -0.0403. The summed E-state index contributed by atoms with van der Waals surface area (Å²) in [5, 5.41) is 9.08. The lowest BCUT2D eigenvalue weighted by Crippen LogP contribution is -2.26. The second kappa shape index (κ2) is 4.94. The van der Waals surface area contributed by atoms with E-state index in [0.29, 0.717) is 0 Å². The smallest absolute Gasteiger partial charge is 0.308 e. The lowest BCUT2D eigenvalue weighted by molar-refractivity contribution is -0.141. The number of rotatable bonds is 3. The fourth-order valence-corrected chi connectivity index (χ4v) is 2.19. The van der Waals surface area contributed by atoms with Crippen molar-refractivity contribution >= 4 is 23.5 Å². The number of halogens is 2. The molecule has 18 heavy (non-hydrogen) atoms. The van der Waals surface area contributed by atoms with E-state index < -0.39 is 17.7 Å². The van der Waals surface area contributed by atoms with Gasteiger partial charge in [-0.15, -0.1) is 0 Å². The Kier molecular flexibility index (Phi) is 3.52. The molecule has 96 valence electrons. The van der Waals surface area contributed by atoms with Gasteiger partial charge in [-0.1, -0.05) is 17.7 Å². The van der Waals surface area contributed by atoms with Crippen LogP contribution in [0.3, 0.4) is 0 Å². The fourth-order valence-electron chi connectivity index (χ4n) is 1.96. The van der Waals surface area contributed by atoms with Crippen molar-refractivity contribution in [2.45, 2.75) is 13.0 Å². The highest BCUT2D eigenvalue weighted by molar-refractivity contribution is 6.31. The average Bonchev–Trinajstić information content (AvgIpc) is 2.66. The largest absolute Gasteiger partial charge is 0.481 e. The van der Waals surface area contributed by atoms with Gasteiger partial charge >= 0.3 is 5.97 Å². The molecule has 1 aliphatic rings. The van der Waals surface area contributed by atoms with Crippen molar-refractivity contribution in [2.24, 2.45) is 5.92 Å². The first kappa shape index (κ1) is 12.8. The second-order valence-corrected chi connectivity index (χ2v) is 4.62. The van der Waals surface area contributed by atoms with Gasteiger partial charge in [-0.05, 0) is 12.1 Å². The van der Waals surface area contributed by atoms with Crippen molar-refractivity contribution in [3.8, 4) is 0 Å². The van der Waals surface area contributed by atoms with Gasteiger partial charge in [0.2, 0.25) is 5.91 Å². The number of nitrogens with zero attached hydrogens (tertiary/aromatic N) is 1. The van der Waals surface area contributed by atoms with Crippen LogP contribution in [0, 0.1) is 11.7 Å². The number of benzene rings is 1. The van der Waals surface area contributed by atoms with Crippen molar-refractivity contribution < 1.29 is 19.1 Å². The van der Waals surface area contributed by atoms with Crippen molar-refractivity contribution in [1.82, 2.24) is 4.90 Å². The summed E-state index contributed by atoms with van der Waals surface area (Å²) in [5.74, 6) is -2.51. The molecule has 0 unspecified atom stereocenters. The van der Waals surface area contributed by atoms with E-state index >= 15 is 0 Å². The lowest BCUT2D eigenvalue weighted by atomic mass is 10.1. The fraction of sp³-hybridized carbons (Fsp3) is 0.333. The van der Waals surface area contributed by atoms with Crippen molar-refractivity contribution in [1.29, 1.82) is 0 Å². The number of hydrogen-bond acceptors (Lipinski definition) is 2. The maximum atomic E-state index is 13.5. The quantitative estimate of drug-likeness (QED) is 0.914. The van der Waals surface area contributed by atoms with Gasteiger partial charge in [0, 0.05) is 23.6 Å². The monoisotopic (exact) mass is 271 g/mol. The van der Waals surface area contributed by atoms with Gasteiger partial charge in [-0.3, -0.25) is 9.59 Å². The molecule has 0 aromatic heterocycles. The molecular weight excluding hydrogens is 261 g/mol. The van der Waals surface area contributed by atoms with E-state index in [0.717, 1.165) is 0 Å². The first-order valence-electron chi connectivity index (χ1n) is 5.42. The Hall–Kier alpha value is -1.62. The van der Waals surface area contributed by atoms with Crippen LogP contribution in [0.4, 0.5) is 4.39 Å². The summed E-state index contributed by atoms with van der Waals surface area (Å²) in [7, 11) is 0. The Morgan fingerprint density at radius 3 is 2.83 bits per heavy atom. The highest BCUT2D eigenvalue weighted by atomic mass is 35.5. The Morgan fingerprint density at radius 2 is 2.28 bits per heavy atom. The summed E-state index contributed by atoms with van der Waals surface area (Å²) in [6, 6.07) is 4.28. The van der Waals surface area contributed by atoms with Gasteiger partial charge in [0.1, 0.15) is 5.82 Å². The van der Waals surface area contributed by atoms with E-state index in [2.05, 4.69) is 0 Å². The molecule has 1 aliphatic heterocycles. The van der Waals surface area contributed by atoms with Gasteiger partial charge in [-0.25, -0.2) is 4.39 Å². The van der Waals surface area contributed by atoms with Gasteiger partial charge in [0.05, 0.1) is 12.5 Å². The predicted molar refractivity (Wildman–Crippen MR) is 62.6 cm³/mol. The maximum Gasteiger partial charge on any atom is 0.308 e. The molecule has 1 atom stereocenters. The van der Waals surface area contributed by atoms with E-state index in [1.54, 1.807) is 0 Å². The minimum absolute atomic E-state index is 0.00806. The molecule has 0 spiro atoms. The molecular formula is C12H11ClFNO3. The molecule has 4 nitrogen and oxygen atoms in total. The molecule has 0 bridgehead atoms. The Morgan fingerprint density at radius 1 is 1.56 bits per heavy atom. The van der Waals surface area contributed by atoms with E-state index in [4.69, 9.17) is 16.7 Å². The van der Waals surface area contributed by atoms with Gasteiger partial charge in [0.25, 0.3) is 0 Å². The van der Waals surface area contributed by atoms with Crippen LogP contribution >= 0.6 is 11.6 Å². The number of carboxylic acids is 1. The molecule has 1 N–H and O–H groups in total. The van der Waals surface area contributed by atoms with Crippen LogP contribution in [0.15, 0.2) is 18.2 Å². The number of carboxylic acid groups (broad SMARTS) is 1. The summed E-state index contributed by atoms with van der Waals surface area (Å²) < 4.78 is 13.5. The van der Waals surface area contributed by atoms with Crippen molar-refractivity contribution in [2.75, 3.05) is 6.54 Å². The van der Waals surface area contributed by atoms with Crippen molar-refractivity contribution in [3.63, 3.8) is 0 Å². The van der Waals surface area contributed by atoms with Gasteiger partial charge < -0.3 is 10.0 Å². The van der Waals surface area contributed by atoms with Crippen LogP contribution in [-0.4, -0.2) is 28.4 Å². The third-order valence-corrected chi connectivity index (χ3v) is 3.33. The molecule has 1 fully saturated rings. The topological polar surface area (TPSA) is 57.6 Å². The average molecular weight is 272 g/mol. The standard InChI is InChI=1S/C12H11ClFNO3/c13-9-2-1-3-10(14)8(9)6-15-5-7(12(17)18)4-11(15)16/h1-3,7H,4-6H2,(H,17,18)/t7-/m0/s1. The molecule has 0 saturated carbocycles. The molecule has 2 rings (SSSR count). The zero-order chi connectivity index (χ0) is 13.3. The number of aliphatic carboxylic acids is 1. The second-order valence-electron chi connectivity index (χ2n) is 4.21. The van der Waals surface area contributed by atoms with Gasteiger partial charge in [-0.2, -0.15) is 0 Å². The molecule has 1 amide bonds. The van der Waals surface area contributed by atoms with E-state index in [9.17, 15) is 14.0 Å². The first-order chi connectivity index (χ1) is 8.49. The number of carbonyl (C=O) groups excluding carboxylic acids is 1. The summed E-state index contributed by atoms with van der Waals surface area (Å²) in [5.41, 5.74) is 0.221. The highest BCUT2D eigenvalue weighted by Gasteiger charge is 2.34. The van der Waals surface area contributed by atoms with Crippen LogP contribution in [0.1, 0.15) is 12.0 Å². The number of hydrogen-bond donors (Lipinski definition) is 1. The Labute approximate surface area is 108 Å². The molecule has 0 radical (unpaired) electrons. The highest BCUT2D eigenvalue weighted by Crippen LogP contribution is 2.25. The molecule has 1 heterocycles. The van der Waals surface area contributed by atoms with Crippen LogP contribution in [0.25, 0.3) is 0 Å². The van der Waals surface area contributed by atoms with Crippen LogP contribution in [0.5, 0.6) is 0 Å². The Balaban J connectivity index is 2.15. The van der Waals surface area contributed by atoms with Crippen LogP contribution in [-0.2, 0) is 16.1 Å². The summed E-state index contributed by atoms with van der Waals surface area (Å²) >= 11 is 5.86. The van der Waals surface area contributed by atoms with Crippen LogP contribution in [0.2, 0.25) is 5.02 Å². The van der Waals surface area contributed by atoms with Crippen LogP contribution < -0.4 is 0 Å². The minimum atomic E-state index is -1.01. The third-order valence-electron chi connectivity index (χ3n) is 2.97. The lowest BCUT2D eigenvalue weighted by Gasteiger charge is -2.17. The molecule has 1 aromatic carbocycles. The number of carbonyl (C=O) groups is 2. The zero-order valence-electron chi connectivity index (χ0n) is 9.40.